The lowest BCUT2D eigenvalue weighted by Crippen LogP contribution is -2.24. The van der Waals surface area contributed by atoms with Crippen molar-refractivity contribution in [2.75, 3.05) is 6.61 Å². The number of rotatable bonds is 5. The van der Waals surface area contributed by atoms with Crippen LogP contribution in [0.15, 0.2) is 0 Å². The third kappa shape index (κ3) is 2.63. The van der Waals surface area contributed by atoms with Gasteiger partial charge in [0.15, 0.2) is 5.82 Å². The van der Waals surface area contributed by atoms with Crippen LogP contribution >= 0.6 is 11.3 Å². The molecule has 3 heterocycles. The number of nitrogens with zero attached hydrogens (tertiary/aromatic N) is 4. The largest absolute Gasteiger partial charge is 0.370 e. The summed E-state index contributed by atoms with van der Waals surface area (Å²) in [6.45, 7) is 5.95. The molecule has 1 N–H and O–H groups in total. The van der Waals surface area contributed by atoms with Crippen LogP contribution in [0.1, 0.15) is 50.0 Å². The molecule has 1 aliphatic rings. The lowest BCUT2D eigenvalue weighted by molar-refractivity contribution is 0.103. The summed E-state index contributed by atoms with van der Waals surface area (Å²) in [4.78, 5) is 0.853. The molecular weight excluding hydrogens is 262 g/mol. The Morgan fingerprint density at radius 3 is 3.16 bits per heavy atom. The fraction of sp³-hybridized carbons (Fsp3) is 0.750. The zero-order valence-electron chi connectivity index (χ0n) is 11.3. The van der Waals surface area contributed by atoms with Crippen molar-refractivity contribution in [3.63, 3.8) is 0 Å². The van der Waals surface area contributed by atoms with E-state index < -0.39 is 0 Å². The van der Waals surface area contributed by atoms with Crippen LogP contribution in [0, 0.1) is 0 Å². The smallest absolute Gasteiger partial charge is 0.234 e. The van der Waals surface area contributed by atoms with E-state index in [1.807, 2.05) is 4.52 Å². The van der Waals surface area contributed by atoms with E-state index in [4.69, 9.17) is 4.74 Å². The molecule has 104 valence electrons. The maximum absolute atomic E-state index is 5.66. The van der Waals surface area contributed by atoms with Gasteiger partial charge < -0.3 is 10.1 Å². The molecule has 1 fully saturated rings. The fourth-order valence-electron chi connectivity index (χ4n) is 2.13. The van der Waals surface area contributed by atoms with E-state index in [1.165, 1.54) is 0 Å². The normalized spacial score (nSPS) is 21.3. The van der Waals surface area contributed by atoms with Gasteiger partial charge in [0, 0.05) is 19.2 Å². The standard InChI is InChI=1S/C12H19N5OS/c1-3-8(2)13-7-10-16-17-11(9-5-4-6-18-9)14-15-12(17)19-10/h8-9,13H,3-7H2,1-2H3. The lowest BCUT2D eigenvalue weighted by Gasteiger charge is -2.08. The number of nitrogens with one attached hydrogen (secondary N) is 1. The second-order valence-corrected chi connectivity index (χ2v) is 5.98. The van der Waals surface area contributed by atoms with Crippen molar-refractivity contribution in [3.05, 3.63) is 10.8 Å². The van der Waals surface area contributed by atoms with Crippen LogP contribution in [-0.2, 0) is 11.3 Å². The van der Waals surface area contributed by atoms with Gasteiger partial charge >= 0.3 is 0 Å². The summed E-state index contributed by atoms with van der Waals surface area (Å²) in [6, 6.07) is 0.506. The second kappa shape index (κ2) is 5.52. The Kier molecular flexibility index (Phi) is 3.76. The summed E-state index contributed by atoms with van der Waals surface area (Å²) in [5, 5.41) is 17.5. The minimum atomic E-state index is 0.0625. The number of fused-ring (bicyclic) bond motifs is 1. The van der Waals surface area contributed by atoms with Crippen molar-refractivity contribution in [3.8, 4) is 0 Å². The quantitative estimate of drug-likeness (QED) is 0.907. The van der Waals surface area contributed by atoms with E-state index >= 15 is 0 Å². The highest BCUT2D eigenvalue weighted by Crippen LogP contribution is 2.28. The van der Waals surface area contributed by atoms with Gasteiger partial charge in [-0.1, -0.05) is 18.3 Å². The first-order valence-electron chi connectivity index (χ1n) is 6.84. The predicted molar refractivity (Wildman–Crippen MR) is 73.2 cm³/mol. The summed E-state index contributed by atoms with van der Waals surface area (Å²) in [5.74, 6) is 0.846. The molecule has 0 spiro atoms. The zero-order valence-corrected chi connectivity index (χ0v) is 12.1. The van der Waals surface area contributed by atoms with Crippen LogP contribution < -0.4 is 5.32 Å². The van der Waals surface area contributed by atoms with Gasteiger partial charge in [0.2, 0.25) is 4.96 Å². The first-order chi connectivity index (χ1) is 9.28. The third-order valence-electron chi connectivity index (χ3n) is 3.49. The van der Waals surface area contributed by atoms with Crippen LogP contribution in [0.2, 0.25) is 0 Å². The molecule has 2 aromatic rings. The lowest BCUT2D eigenvalue weighted by atomic mass is 10.2. The molecule has 2 unspecified atom stereocenters. The number of hydrogen-bond acceptors (Lipinski definition) is 6. The van der Waals surface area contributed by atoms with Crippen molar-refractivity contribution >= 4 is 16.3 Å². The predicted octanol–water partition coefficient (Wildman–Crippen LogP) is 1.93. The van der Waals surface area contributed by atoms with E-state index in [2.05, 4.69) is 34.5 Å². The molecule has 0 saturated carbocycles. The third-order valence-corrected chi connectivity index (χ3v) is 4.39. The maximum atomic E-state index is 5.66. The highest BCUT2D eigenvalue weighted by molar-refractivity contribution is 7.16. The Hall–Kier alpha value is -1.05. The monoisotopic (exact) mass is 281 g/mol. The molecule has 19 heavy (non-hydrogen) atoms. The highest BCUT2D eigenvalue weighted by atomic mass is 32.1. The van der Waals surface area contributed by atoms with Gasteiger partial charge in [0.25, 0.3) is 0 Å². The zero-order chi connectivity index (χ0) is 13.2. The first kappa shape index (κ1) is 13.0. The van der Waals surface area contributed by atoms with Crippen LogP contribution in [0.3, 0.4) is 0 Å². The van der Waals surface area contributed by atoms with Gasteiger partial charge in [-0.05, 0) is 26.2 Å². The van der Waals surface area contributed by atoms with E-state index in [0.717, 1.165) is 48.2 Å². The molecule has 3 rings (SSSR count). The van der Waals surface area contributed by atoms with Gasteiger partial charge in [-0.3, -0.25) is 0 Å². The number of ether oxygens (including phenoxy) is 1. The molecule has 1 saturated heterocycles. The fourth-order valence-corrected chi connectivity index (χ4v) is 2.92. The molecule has 7 heteroatoms. The molecule has 6 nitrogen and oxygen atoms in total. The van der Waals surface area contributed by atoms with E-state index in [9.17, 15) is 0 Å². The van der Waals surface area contributed by atoms with Crippen LogP contribution in [0.5, 0.6) is 0 Å². The summed E-state index contributed by atoms with van der Waals surface area (Å²) < 4.78 is 7.50. The molecular formula is C12H19N5OS. The van der Waals surface area contributed by atoms with E-state index in [1.54, 1.807) is 11.3 Å². The topological polar surface area (TPSA) is 64.3 Å². The van der Waals surface area contributed by atoms with Crippen molar-refractivity contribution < 1.29 is 4.74 Å². The van der Waals surface area contributed by atoms with Gasteiger partial charge in [-0.15, -0.1) is 10.2 Å². The molecule has 2 atom stereocenters. The molecule has 1 aliphatic heterocycles. The average Bonchev–Trinajstić information content (AvgIpc) is 3.10. The summed E-state index contributed by atoms with van der Waals surface area (Å²) in [6.07, 6.45) is 3.28. The Morgan fingerprint density at radius 1 is 1.53 bits per heavy atom. The minimum Gasteiger partial charge on any atom is -0.370 e. The molecule has 0 aliphatic carbocycles. The van der Waals surface area contributed by atoms with E-state index in [0.29, 0.717) is 6.04 Å². The van der Waals surface area contributed by atoms with Crippen molar-refractivity contribution in [1.29, 1.82) is 0 Å². The number of hydrogen-bond donors (Lipinski definition) is 1. The van der Waals surface area contributed by atoms with Crippen LogP contribution in [0.25, 0.3) is 4.96 Å². The van der Waals surface area contributed by atoms with Gasteiger partial charge in [-0.2, -0.15) is 9.61 Å². The van der Waals surface area contributed by atoms with Gasteiger partial charge in [0.05, 0.1) is 0 Å². The minimum absolute atomic E-state index is 0.0625. The Bertz CT molecular complexity index is 545. The van der Waals surface area contributed by atoms with Gasteiger partial charge in [0.1, 0.15) is 11.1 Å². The first-order valence-corrected chi connectivity index (χ1v) is 7.65. The second-order valence-electron chi connectivity index (χ2n) is 4.94. The average molecular weight is 281 g/mol. The highest BCUT2D eigenvalue weighted by Gasteiger charge is 2.24. The Balaban J connectivity index is 1.77. The molecule has 0 aromatic carbocycles. The molecule has 0 amide bonds. The van der Waals surface area contributed by atoms with E-state index in [-0.39, 0.29) is 6.10 Å². The molecule has 2 aromatic heterocycles. The summed E-state index contributed by atoms with van der Waals surface area (Å²) in [5.41, 5.74) is 0. The molecule has 0 bridgehead atoms. The van der Waals surface area contributed by atoms with Gasteiger partial charge in [-0.25, -0.2) is 0 Å². The SMILES string of the molecule is CCC(C)NCc1nn2c(C3CCCO3)nnc2s1. The van der Waals surface area contributed by atoms with Crippen molar-refractivity contribution in [2.45, 2.75) is 51.8 Å². The van der Waals surface area contributed by atoms with Crippen LogP contribution in [0.4, 0.5) is 0 Å². The number of aromatic nitrogens is 4. The van der Waals surface area contributed by atoms with Crippen LogP contribution in [-0.4, -0.2) is 32.5 Å². The summed E-state index contributed by atoms with van der Waals surface area (Å²) in [7, 11) is 0. The van der Waals surface area contributed by atoms with Crippen molar-refractivity contribution in [2.24, 2.45) is 0 Å². The molecule has 0 radical (unpaired) electrons. The van der Waals surface area contributed by atoms with Crippen molar-refractivity contribution in [1.82, 2.24) is 25.1 Å². The Morgan fingerprint density at radius 2 is 2.42 bits per heavy atom. The maximum Gasteiger partial charge on any atom is 0.234 e. The Labute approximate surface area is 116 Å². The summed E-state index contributed by atoms with van der Waals surface area (Å²) >= 11 is 1.59.